The van der Waals surface area contributed by atoms with Crippen LogP contribution < -0.4 is 0 Å². The van der Waals surface area contributed by atoms with Gasteiger partial charge < -0.3 is 9.47 Å². The molecule has 7 nitrogen and oxygen atoms in total. The molecule has 1 aromatic rings. The molecule has 0 spiro atoms. The molecule has 0 N–H and O–H groups in total. The molecule has 18 heavy (non-hydrogen) atoms. The lowest BCUT2D eigenvalue weighted by atomic mass is 10.2. The molecule has 1 rings (SSSR count). The number of azide groups is 1. The highest BCUT2D eigenvalue weighted by molar-refractivity contribution is 7.11. The number of carbonyl (C=O) groups excluding carboxylic acids is 1. The Hall–Kier alpha value is -1.63. The lowest BCUT2D eigenvalue weighted by Crippen LogP contribution is -2.23. The molecule has 1 aromatic heterocycles. The number of esters is 1. The molecule has 1 heterocycles. The van der Waals surface area contributed by atoms with Gasteiger partial charge in [-0.2, -0.15) is 0 Å². The van der Waals surface area contributed by atoms with Crippen molar-refractivity contribution in [2.45, 2.75) is 26.0 Å². The average molecular weight is 270 g/mol. The minimum Gasteiger partial charge on any atom is -0.466 e. The van der Waals surface area contributed by atoms with Gasteiger partial charge in [0.2, 0.25) is 0 Å². The molecule has 0 saturated heterocycles. The van der Waals surface area contributed by atoms with Gasteiger partial charge in [0.1, 0.15) is 11.0 Å². The van der Waals surface area contributed by atoms with Crippen LogP contribution >= 0.6 is 11.3 Å². The summed E-state index contributed by atoms with van der Waals surface area (Å²) in [5, 5.41) is 4.26. The van der Waals surface area contributed by atoms with Crippen molar-refractivity contribution in [2.75, 3.05) is 13.7 Å². The van der Waals surface area contributed by atoms with E-state index in [-0.39, 0.29) is 6.61 Å². The average Bonchev–Trinajstić information content (AvgIpc) is 2.77. The van der Waals surface area contributed by atoms with E-state index < -0.39 is 12.0 Å². The summed E-state index contributed by atoms with van der Waals surface area (Å²) < 4.78 is 9.79. The fourth-order valence-electron chi connectivity index (χ4n) is 1.30. The summed E-state index contributed by atoms with van der Waals surface area (Å²) in [6.45, 7) is 2.39. The zero-order valence-electron chi connectivity index (χ0n) is 10.2. The van der Waals surface area contributed by atoms with Crippen molar-refractivity contribution in [3.8, 4) is 0 Å². The lowest BCUT2D eigenvalue weighted by Gasteiger charge is -2.07. The van der Waals surface area contributed by atoms with E-state index in [1.54, 1.807) is 20.2 Å². The summed E-state index contributed by atoms with van der Waals surface area (Å²) in [4.78, 5) is 19.2. The van der Waals surface area contributed by atoms with E-state index in [0.29, 0.717) is 13.0 Å². The summed E-state index contributed by atoms with van der Waals surface area (Å²) in [5.74, 6) is -0.517. The maximum atomic E-state index is 11.5. The van der Waals surface area contributed by atoms with Crippen LogP contribution in [-0.4, -0.2) is 30.7 Å². The predicted octanol–water partition coefficient (Wildman–Crippen LogP) is 2.07. The minimum absolute atomic E-state index is 0.258. The van der Waals surface area contributed by atoms with Crippen molar-refractivity contribution in [3.05, 3.63) is 26.5 Å². The van der Waals surface area contributed by atoms with Crippen molar-refractivity contribution in [1.29, 1.82) is 0 Å². The van der Waals surface area contributed by atoms with E-state index >= 15 is 0 Å². The molecule has 1 unspecified atom stereocenters. The van der Waals surface area contributed by atoms with Crippen molar-refractivity contribution in [2.24, 2.45) is 5.11 Å². The Morgan fingerprint density at radius 1 is 1.72 bits per heavy atom. The Morgan fingerprint density at radius 2 is 2.50 bits per heavy atom. The number of rotatable bonds is 7. The monoisotopic (exact) mass is 270 g/mol. The van der Waals surface area contributed by atoms with E-state index in [4.69, 9.17) is 15.0 Å². The van der Waals surface area contributed by atoms with E-state index in [0.717, 1.165) is 9.88 Å². The van der Waals surface area contributed by atoms with Crippen LogP contribution in [0.5, 0.6) is 0 Å². The van der Waals surface area contributed by atoms with Crippen LogP contribution in [0.15, 0.2) is 11.3 Å². The third kappa shape index (κ3) is 4.33. The second-order valence-corrected chi connectivity index (χ2v) is 4.53. The van der Waals surface area contributed by atoms with Crippen molar-refractivity contribution in [1.82, 2.24) is 4.98 Å². The number of thiazole rings is 1. The first-order chi connectivity index (χ1) is 8.71. The highest BCUT2D eigenvalue weighted by Gasteiger charge is 2.19. The Morgan fingerprint density at radius 3 is 3.11 bits per heavy atom. The van der Waals surface area contributed by atoms with Crippen LogP contribution in [0.2, 0.25) is 0 Å². The van der Waals surface area contributed by atoms with Crippen LogP contribution in [0.1, 0.15) is 16.8 Å². The first-order valence-electron chi connectivity index (χ1n) is 5.34. The first-order valence-corrected chi connectivity index (χ1v) is 6.16. The Labute approximate surface area is 108 Å². The SMILES string of the molecule is CCOC(=O)C(Cc1cnc(COC)s1)N=[N+]=[N-]. The Balaban J connectivity index is 2.70. The molecular formula is C10H14N4O3S. The number of nitrogens with zero attached hydrogens (tertiary/aromatic N) is 4. The molecule has 0 aromatic carbocycles. The number of ether oxygens (including phenoxy) is 2. The molecule has 8 heteroatoms. The first kappa shape index (κ1) is 14.4. The Bertz CT molecular complexity index is 442. The second kappa shape index (κ2) is 7.65. The van der Waals surface area contributed by atoms with E-state index in [1.807, 2.05) is 0 Å². The molecule has 1 atom stereocenters. The number of carbonyl (C=O) groups is 1. The predicted molar refractivity (Wildman–Crippen MR) is 66.1 cm³/mol. The summed E-state index contributed by atoms with van der Waals surface area (Å²) >= 11 is 1.42. The van der Waals surface area contributed by atoms with Gasteiger partial charge in [-0.3, -0.25) is 4.79 Å². The number of methoxy groups -OCH3 is 1. The standard InChI is InChI=1S/C10H14N4O3S/c1-3-17-10(15)8(13-14-11)4-7-5-12-9(18-7)6-16-2/h5,8H,3-4,6H2,1-2H3. The Kier molecular flexibility index (Phi) is 6.13. The van der Waals surface area contributed by atoms with Crippen LogP contribution in [0, 0.1) is 0 Å². The van der Waals surface area contributed by atoms with Crippen molar-refractivity contribution in [3.63, 3.8) is 0 Å². The van der Waals surface area contributed by atoms with Crippen LogP contribution in [0.3, 0.4) is 0 Å². The van der Waals surface area contributed by atoms with E-state index in [2.05, 4.69) is 15.0 Å². The third-order valence-electron chi connectivity index (χ3n) is 2.01. The molecule has 0 amide bonds. The van der Waals surface area contributed by atoms with Gasteiger partial charge in [-0.15, -0.1) is 11.3 Å². The van der Waals surface area contributed by atoms with Gasteiger partial charge >= 0.3 is 5.97 Å². The number of aromatic nitrogens is 1. The normalized spacial score (nSPS) is 11.7. The second-order valence-electron chi connectivity index (χ2n) is 3.33. The number of hydrogen-bond acceptors (Lipinski definition) is 6. The van der Waals surface area contributed by atoms with Gasteiger partial charge in [-0.05, 0) is 12.5 Å². The minimum atomic E-state index is -0.842. The summed E-state index contributed by atoms with van der Waals surface area (Å²) in [6, 6.07) is -0.842. The van der Waals surface area contributed by atoms with Crippen molar-refractivity contribution >= 4 is 17.3 Å². The van der Waals surface area contributed by atoms with Crippen LogP contribution in [0.4, 0.5) is 0 Å². The number of hydrogen-bond donors (Lipinski definition) is 0. The maximum Gasteiger partial charge on any atom is 0.315 e. The summed E-state index contributed by atoms with van der Waals surface area (Å²) in [7, 11) is 1.59. The summed E-state index contributed by atoms with van der Waals surface area (Å²) in [6.07, 6.45) is 1.95. The molecule has 0 radical (unpaired) electrons. The third-order valence-corrected chi connectivity index (χ3v) is 3.01. The zero-order chi connectivity index (χ0) is 13.4. The van der Waals surface area contributed by atoms with Crippen LogP contribution in [-0.2, 0) is 27.3 Å². The quantitative estimate of drug-likeness (QED) is 0.328. The molecule has 0 fully saturated rings. The highest BCUT2D eigenvalue weighted by atomic mass is 32.1. The molecule has 0 aliphatic rings. The van der Waals surface area contributed by atoms with Crippen LogP contribution in [0.25, 0.3) is 10.4 Å². The van der Waals surface area contributed by atoms with Gasteiger partial charge in [0, 0.05) is 29.5 Å². The zero-order valence-corrected chi connectivity index (χ0v) is 11.0. The molecule has 0 aliphatic heterocycles. The van der Waals surface area contributed by atoms with Crippen molar-refractivity contribution < 1.29 is 14.3 Å². The smallest absolute Gasteiger partial charge is 0.315 e. The van der Waals surface area contributed by atoms with Gasteiger partial charge in [0.15, 0.2) is 0 Å². The highest BCUT2D eigenvalue weighted by Crippen LogP contribution is 2.17. The lowest BCUT2D eigenvalue weighted by molar-refractivity contribution is -0.144. The summed E-state index contributed by atoms with van der Waals surface area (Å²) in [5.41, 5.74) is 8.44. The fraction of sp³-hybridized carbons (Fsp3) is 0.600. The van der Waals surface area contributed by atoms with Gasteiger partial charge in [-0.1, -0.05) is 5.11 Å². The maximum absolute atomic E-state index is 11.5. The van der Waals surface area contributed by atoms with E-state index in [9.17, 15) is 4.79 Å². The molecule has 98 valence electrons. The largest absolute Gasteiger partial charge is 0.466 e. The molecule has 0 aliphatic carbocycles. The topological polar surface area (TPSA) is 97.2 Å². The van der Waals surface area contributed by atoms with Gasteiger partial charge in [-0.25, -0.2) is 4.98 Å². The van der Waals surface area contributed by atoms with Gasteiger partial charge in [0.05, 0.1) is 13.2 Å². The molecule has 0 saturated carbocycles. The van der Waals surface area contributed by atoms with Gasteiger partial charge in [0.25, 0.3) is 0 Å². The molecular weight excluding hydrogens is 256 g/mol. The van der Waals surface area contributed by atoms with E-state index in [1.165, 1.54) is 11.3 Å². The molecule has 0 bridgehead atoms. The fourth-order valence-corrected chi connectivity index (χ4v) is 2.23.